The molecule has 2 rings (SSSR count). The van der Waals surface area contributed by atoms with Crippen molar-refractivity contribution in [2.75, 3.05) is 5.73 Å². The van der Waals surface area contributed by atoms with Crippen molar-refractivity contribution in [2.24, 2.45) is 7.05 Å². The summed E-state index contributed by atoms with van der Waals surface area (Å²) in [5.74, 6) is 1.47. The summed E-state index contributed by atoms with van der Waals surface area (Å²) in [5.41, 5.74) is 7.45. The van der Waals surface area contributed by atoms with Gasteiger partial charge in [-0.25, -0.2) is 13.8 Å². The number of anilines is 1. The molecule has 0 aliphatic carbocycles. The van der Waals surface area contributed by atoms with Gasteiger partial charge in [0.15, 0.2) is 0 Å². The van der Waals surface area contributed by atoms with Gasteiger partial charge in [0.2, 0.25) is 0 Å². The van der Waals surface area contributed by atoms with Crippen LogP contribution in [-0.2, 0) is 13.5 Å². The number of nitrogens with two attached hydrogens (primary N) is 1. The molecule has 3 nitrogen and oxygen atoms in total. The Hall–Kier alpha value is -1.91. The minimum atomic E-state index is -2.45. The van der Waals surface area contributed by atoms with Gasteiger partial charge >= 0.3 is 0 Å². The molecule has 0 saturated carbocycles. The third-order valence-electron chi connectivity index (χ3n) is 3.14. The van der Waals surface area contributed by atoms with E-state index < -0.39 is 6.43 Å². The summed E-state index contributed by atoms with van der Waals surface area (Å²) in [5, 5.41) is 0. The maximum absolute atomic E-state index is 12.5. The fourth-order valence-electron chi connectivity index (χ4n) is 2.01. The van der Waals surface area contributed by atoms with Gasteiger partial charge < -0.3 is 10.3 Å². The van der Waals surface area contributed by atoms with Gasteiger partial charge in [0, 0.05) is 24.6 Å². The molecule has 0 aliphatic rings. The highest BCUT2D eigenvalue weighted by Crippen LogP contribution is 2.28. The van der Waals surface area contributed by atoms with Crippen molar-refractivity contribution in [1.82, 2.24) is 9.55 Å². The summed E-state index contributed by atoms with van der Waals surface area (Å²) >= 11 is 0. The van der Waals surface area contributed by atoms with E-state index in [1.807, 2.05) is 11.6 Å². The summed E-state index contributed by atoms with van der Waals surface area (Å²) < 4.78 is 26.9. The van der Waals surface area contributed by atoms with Crippen LogP contribution in [0, 0.1) is 0 Å². The zero-order valence-corrected chi connectivity index (χ0v) is 11.0. The Bertz CT molecular complexity index is 559. The number of hydrogen-bond acceptors (Lipinski definition) is 2. The number of halogens is 2. The second-order valence-electron chi connectivity index (χ2n) is 4.49. The van der Waals surface area contributed by atoms with Crippen LogP contribution in [-0.4, -0.2) is 9.55 Å². The van der Waals surface area contributed by atoms with E-state index >= 15 is 0 Å². The molecule has 0 unspecified atom stereocenters. The zero-order valence-electron chi connectivity index (χ0n) is 11.0. The number of benzene rings is 1. The lowest BCUT2D eigenvalue weighted by Crippen LogP contribution is -2.01. The van der Waals surface area contributed by atoms with Crippen LogP contribution >= 0.6 is 0 Å². The Morgan fingerprint density at radius 1 is 1.26 bits per heavy atom. The molecule has 1 aromatic carbocycles. The summed E-state index contributed by atoms with van der Waals surface area (Å²) in [7, 11) is 1.87. The van der Waals surface area contributed by atoms with Crippen molar-refractivity contribution in [1.29, 1.82) is 0 Å². The Kier molecular flexibility index (Phi) is 3.83. The minimum absolute atomic E-state index is 0.00651. The van der Waals surface area contributed by atoms with Crippen LogP contribution in [0.5, 0.6) is 0 Å². The van der Waals surface area contributed by atoms with Crippen molar-refractivity contribution in [2.45, 2.75) is 26.2 Å². The average Bonchev–Trinajstić information content (AvgIpc) is 2.68. The molecule has 0 saturated heterocycles. The van der Waals surface area contributed by atoms with Gasteiger partial charge in [-0.3, -0.25) is 0 Å². The van der Waals surface area contributed by atoms with Crippen LogP contribution in [0.15, 0.2) is 24.3 Å². The van der Waals surface area contributed by atoms with Crippen molar-refractivity contribution in [3.05, 3.63) is 35.7 Å². The molecule has 0 spiro atoms. The first-order valence-corrected chi connectivity index (χ1v) is 6.24. The lowest BCUT2D eigenvalue weighted by atomic mass is 10.1. The number of nitrogen functional groups attached to an aromatic ring is 1. The summed E-state index contributed by atoms with van der Waals surface area (Å²) in [4.78, 5) is 4.49. The molecule has 102 valence electrons. The molecule has 2 aromatic rings. The molecule has 5 heteroatoms. The maximum Gasteiger partial charge on any atom is 0.263 e. The van der Waals surface area contributed by atoms with Crippen LogP contribution in [0.4, 0.5) is 14.6 Å². The summed E-state index contributed by atoms with van der Waals surface area (Å²) in [6.45, 7) is 2.07. The van der Waals surface area contributed by atoms with Crippen molar-refractivity contribution in [3.8, 4) is 11.3 Å². The van der Waals surface area contributed by atoms with E-state index in [1.165, 1.54) is 12.1 Å². The SMILES string of the molecule is CCCc1nc(-c2ccc(C(F)F)cc2)c(N)n1C. The average molecular weight is 265 g/mol. The molecule has 2 N–H and O–H groups in total. The third-order valence-corrected chi connectivity index (χ3v) is 3.14. The van der Waals surface area contributed by atoms with E-state index in [0.29, 0.717) is 11.5 Å². The van der Waals surface area contributed by atoms with Gasteiger partial charge in [-0.05, 0) is 6.42 Å². The molecular formula is C14H17F2N3. The highest BCUT2D eigenvalue weighted by molar-refractivity contribution is 5.71. The Balaban J connectivity index is 2.38. The molecule has 0 fully saturated rings. The number of alkyl halides is 2. The van der Waals surface area contributed by atoms with E-state index in [1.54, 1.807) is 12.1 Å². The van der Waals surface area contributed by atoms with E-state index in [9.17, 15) is 8.78 Å². The predicted molar refractivity (Wildman–Crippen MR) is 72.0 cm³/mol. The Labute approximate surface area is 111 Å². The van der Waals surface area contributed by atoms with Gasteiger partial charge in [0.05, 0.1) is 0 Å². The second kappa shape index (κ2) is 5.38. The fourth-order valence-corrected chi connectivity index (χ4v) is 2.01. The lowest BCUT2D eigenvalue weighted by Gasteiger charge is -2.03. The van der Waals surface area contributed by atoms with Gasteiger partial charge in [-0.15, -0.1) is 0 Å². The third kappa shape index (κ3) is 2.59. The minimum Gasteiger partial charge on any atom is -0.383 e. The van der Waals surface area contributed by atoms with Crippen LogP contribution in [0.2, 0.25) is 0 Å². The van der Waals surface area contributed by atoms with Crippen LogP contribution in [0.25, 0.3) is 11.3 Å². The smallest absolute Gasteiger partial charge is 0.263 e. The number of nitrogens with zero attached hydrogens (tertiary/aromatic N) is 2. The van der Waals surface area contributed by atoms with E-state index in [4.69, 9.17) is 5.73 Å². The van der Waals surface area contributed by atoms with Gasteiger partial charge in [0.1, 0.15) is 17.3 Å². The van der Waals surface area contributed by atoms with Crippen LogP contribution in [0.3, 0.4) is 0 Å². The summed E-state index contributed by atoms with van der Waals surface area (Å²) in [6, 6.07) is 6.09. The normalized spacial score (nSPS) is 11.2. The molecule has 0 amide bonds. The fraction of sp³-hybridized carbons (Fsp3) is 0.357. The molecule has 0 aliphatic heterocycles. The Morgan fingerprint density at radius 2 is 1.89 bits per heavy atom. The number of aromatic nitrogens is 2. The quantitative estimate of drug-likeness (QED) is 0.918. The van der Waals surface area contributed by atoms with Crippen LogP contribution < -0.4 is 5.73 Å². The molecule has 19 heavy (non-hydrogen) atoms. The van der Waals surface area contributed by atoms with Gasteiger partial charge in [-0.2, -0.15) is 0 Å². The van der Waals surface area contributed by atoms with Crippen LogP contribution in [0.1, 0.15) is 31.2 Å². The zero-order chi connectivity index (χ0) is 14.0. The molecule has 1 heterocycles. The van der Waals surface area contributed by atoms with E-state index in [2.05, 4.69) is 11.9 Å². The molecule has 0 atom stereocenters. The standard InChI is InChI=1S/C14H17F2N3/c1-3-4-11-18-12(14(17)19(11)2)9-5-7-10(8-6-9)13(15)16/h5-8,13H,3-4,17H2,1-2H3. The summed E-state index contributed by atoms with van der Waals surface area (Å²) in [6.07, 6.45) is -0.630. The first kappa shape index (κ1) is 13.5. The number of imidazole rings is 1. The van der Waals surface area contributed by atoms with Gasteiger partial charge in [0.25, 0.3) is 6.43 Å². The first-order chi connectivity index (χ1) is 9.04. The molecule has 1 aromatic heterocycles. The largest absolute Gasteiger partial charge is 0.383 e. The van der Waals surface area contributed by atoms with Crippen molar-refractivity contribution < 1.29 is 8.78 Å². The maximum atomic E-state index is 12.5. The molecular weight excluding hydrogens is 248 g/mol. The number of hydrogen-bond donors (Lipinski definition) is 1. The predicted octanol–water partition coefficient (Wildman–Crippen LogP) is 3.56. The molecule has 0 radical (unpaired) electrons. The first-order valence-electron chi connectivity index (χ1n) is 6.24. The highest BCUT2D eigenvalue weighted by Gasteiger charge is 2.14. The second-order valence-corrected chi connectivity index (χ2v) is 4.49. The lowest BCUT2D eigenvalue weighted by molar-refractivity contribution is 0.151. The topological polar surface area (TPSA) is 43.8 Å². The number of aryl methyl sites for hydroxylation is 1. The highest BCUT2D eigenvalue weighted by atomic mass is 19.3. The van der Waals surface area contributed by atoms with Gasteiger partial charge in [-0.1, -0.05) is 31.2 Å². The van der Waals surface area contributed by atoms with Crippen molar-refractivity contribution >= 4 is 5.82 Å². The molecule has 0 bridgehead atoms. The monoisotopic (exact) mass is 265 g/mol. The number of rotatable bonds is 4. The Morgan fingerprint density at radius 3 is 2.42 bits per heavy atom. The van der Waals surface area contributed by atoms with E-state index in [-0.39, 0.29) is 5.56 Å². The van der Waals surface area contributed by atoms with E-state index in [0.717, 1.165) is 24.2 Å². The van der Waals surface area contributed by atoms with Crippen molar-refractivity contribution in [3.63, 3.8) is 0 Å².